The van der Waals surface area contributed by atoms with Crippen LogP contribution >= 0.6 is 0 Å². The first-order chi connectivity index (χ1) is 9.33. The van der Waals surface area contributed by atoms with Crippen molar-refractivity contribution < 1.29 is 5.11 Å². The van der Waals surface area contributed by atoms with E-state index in [1.54, 1.807) is 0 Å². The minimum atomic E-state index is -0.475. The van der Waals surface area contributed by atoms with Gasteiger partial charge in [-0.25, -0.2) is 0 Å². The lowest BCUT2D eigenvalue weighted by molar-refractivity contribution is 0.222. The van der Waals surface area contributed by atoms with Gasteiger partial charge < -0.3 is 5.11 Å². The molecule has 2 aromatic rings. The Morgan fingerprint density at radius 1 is 0.842 bits per heavy atom. The zero-order chi connectivity index (χ0) is 12.8. The molecule has 2 aliphatic carbocycles. The highest BCUT2D eigenvalue weighted by molar-refractivity contribution is 5.77. The first kappa shape index (κ1) is 10.8. The van der Waals surface area contributed by atoms with Crippen LogP contribution in [0, 0.1) is 0 Å². The number of aliphatic hydroxyl groups is 1. The molecule has 92 valence electrons. The average Bonchev–Trinajstić information content (AvgIpc) is 3.00. The third-order valence-electron chi connectivity index (χ3n) is 4.03. The summed E-state index contributed by atoms with van der Waals surface area (Å²) in [7, 11) is 0. The van der Waals surface area contributed by atoms with E-state index in [0.29, 0.717) is 0 Å². The predicted molar refractivity (Wildman–Crippen MR) is 77.5 cm³/mol. The zero-order valence-electron chi connectivity index (χ0n) is 10.5. The fourth-order valence-corrected chi connectivity index (χ4v) is 3.04. The molecule has 0 aliphatic heterocycles. The van der Waals surface area contributed by atoms with Gasteiger partial charge in [0, 0.05) is 0 Å². The standard InChI is InChI=1S/C18H14O/c19-18-16-8-4-3-7-14(16)11-17(18)15-9-12-5-1-2-6-13(12)10-15/h1-9,11,18-19H,10H2. The fourth-order valence-electron chi connectivity index (χ4n) is 3.04. The van der Waals surface area contributed by atoms with Crippen LogP contribution in [-0.2, 0) is 6.42 Å². The maximum absolute atomic E-state index is 10.5. The average molecular weight is 246 g/mol. The molecule has 2 aliphatic rings. The van der Waals surface area contributed by atoms with Crippen LogP contribution in [0.3, 0.4) is 0 Å². The van der Waals surface area contributed by atoms with Crippen molar-refractivity contribution in [1.29, 1.82) is 0 Å². The number of hydrogen-bond acceptors (Lipinski definition) is 1. The Kier molecular flexibility index (Phi) is 2.23. The molecule has 0 bridgehead atoms. The number of rotatable bonds is 1. The first-order valence-electron chi connectivity index (χ1n) is 6.60. The monoisotopic (exact) mass is 246 g/mol. The third-order valence-corrected chi connectivity index (χ3v) is 4.03. The molecule has 0 amide bonds. The summed E-state index contributed by atoms with van der Waals surface area (Å²) in [6.45, 7) is 0. The molecule has 0 spiro atoms. The first-order valence-corrected chi connectivity index (χ1v) is 6.60. The van der Waals surface area contributed by atoms with Crippen molar-refractivity contribution in [3.05, 3.63) is 81.9 Å². The van der Waals surface area contributed by atoms with Gasteiger partial charge in [0.1, 0.15) is 6.10 Å². The predicted octanol–water partition coefficient (Wildman–Crippen LogP) is 3.76. The maximum Gasteiger partial charge on any atom is 0.105 e. The fraction of sp³-hybridized carbons (Fsp3) is 0.111. The molecule has 1 heteroatoms. The normalized spacial score (nSPS) is 19.7. The van der Waals surface area contributed by atoms with Crippen LogP contribution in [0.1, 0.15) is 28.4 Å². The van der Waals surface area contributed by atoms with Crippen molar-refractivity contribution in [2.24, 2.45) is 0 Å². The summed E-state index contributed by atoms with van der Waals surface area (Å²) < 4.78 is 0. The van der Waals surface area contributed by atoms with Gasteiger partial charge in [0.15, 0.2) is 0 Å². The number of benzene rings is 2. The summed E-state index contributed by atoms with van der Waals surface area (Å²) in [5.41, 5.74) is 7.08. The molecular formula is C18H14O. The van der Waals surface area contributed by atoms with Gasteiger partial charge in [0.25, 0.3) is 0 Å². The Bertz CT molecular complexity index is 722. The molecule has 1 unspecified atom stereocenters. The quantitative estimate of drug-likeness (QED) is 0.812. The van der Waals surface area contributed by atoms with Crippen molar-refractivity contribution in [3.63, 3.8) is 0 Å². The van der Waals surface area contributed by atoms with E-state index in [1.807, 2.05) is 18.2 Å². The molecule has 2 aromatic carbocycles. The highest BCUT2D eigenvalue weighted by Crippen LogP contribution is 2.41. The zero-order valence-corrected chi connectivity index (χ0v) is 10.5. The molecule has 1 nitrogen and oxygen atoms in total. The van der Waals surface area contributed by atoms with Crippen molar-refractivity contribution in [2.75, 3.05) is 0 Å². The van der Waals surface area contributed by atoms with Crippen LogP contribution in [0.2, 0.25) is 0 Å². The third kappa shape index (κ3) is 1.59. The second-order valence-electron chi connectivity index (χ2n) is 5.18. The molecule has 0 radical (unpaired) electrons. The smallest absolute Gasteiger partial charge is 0.105 e. The largest absolute Gasteiger partial charge is 0.384 e. The van der Waals surface area contributed by atoms with Crippen LogP contribution in [0.25, 0.3) is 12.2 Å². The molecule has 4 rings (SSSR count). The van der Waals surface area contributed by atoms with Gasteiger partial charge in [-0.3, -0.25) is 0 Å². The van der Waals surface area contributed by atoms with Crippen LogP contribution < -0.4 is 0 Å². The Hall–Kier alpha value is -2.12. The molecule has 0 fully saturated rings. The van der Waals surface area contributed by atoms with Gasteiger partial charge in [-0.15, -0.1) is 0 Å². The molecular weight excluding hydrogens is 232 g/mol. The van der Waals surface area contributed by atoms with Crippen LogP contribution in [0.5, 0.6) is 0 Å². The van der Waals surface area contributed by atoms with Crippen LogP contribution in [-0.4, -0.2) is 5.11 Å². The van der Waals surface area contributed by atoms with Gasteiger partial charge in [-0.05, 0) is 45.9 Å². The van der Waals surface area contributed by atoms with E-state index >= 15 is 0 Å². The molecule has 1 atom stereocenters. The summed E-state index contributed by atoms with van der Waals surface area (Å²) in [6.07, 6.45) is 4.78. The summed E-state index contributed by atoms with van der Waals surface area (Å²) in [5, 5.41) is 10.5. The topological polar surface area (TPSA) is 20.2 Å². The highest BCUT2D eigenvalue weighted by atomic mass is 16.3. The van der Waals surface area contributed by atoms with Crippen molar-refractivity contribution in [3.8, 4) is 0 Å². The highest BCUT2D eigenvalue weighted by Gasteiger charge is 2.27. The molecule has 19 heavy (non-hydrogen) atoms. The Balaban J connectivity index is 1.75. The molecule has 0 saturated heterocycles. The summed E-state index contributed by atoms with van der Waals surface area (Å²) in [4.78, 5) is 0. The van der Waals surface area contributed by atoms with Gasteiger partial charge in [-0.1, -0.05) is 54.6 Å². The van der Waals surface area contributed by atoms with Gasteiger partial charge in [-0.2, -0.15) is 0 Å². The number of hydrogen-bond donors (Lipinski definition) is 1. The van der Waals surface area contributed by atoms with Crippen molar-refractivity contribution in [1.82, 2.24) is 0 Å². The van der Waals surface area contributed by atoms with E-state index < -0.39 is 6.10 Å². The van der Waals surface area contributed by atoms with E-state index in [4.69, 9.17) is 0 Å². The minimum Gasteiger partial charge on any atom is -0.384 e. The van der Waals surface area contributed by atoms with E-state index in [9.17, 15) is 5.11 Å². The maximum atomic E-state index is 10.5. The van der Waals surface area contributed by atoms with E-state index in [0.717, 1.165) is 23.1 Å². The lowest BCUT2D eigenvalue weighted by atomic mass is 9.99. The van der Waals surface area contributed by atoms with Gasteiger partial charge >= 0.3 is 0 Å². The molecule has 0 heterocycles. The van der Waals surface area contributed by atoms with Crippen molar-refractivity contribution >= 4 is 12.2 Å². The Labute approximate surface area is 112 Å². The molecule has 1 N–H and O–H groups in total. The van der Waals surface area contributed by atoms with Crippen molar-refractivity contribution in [2.45, 2.75) is 12.5 Å². The number of fused-ring (bicyclic) bond motifs is 2. The molecule has 0 aromatic heterocycles. The summed E-state index contributed by atoms with van der Waals surface area (Å²) in [6, 6.07) is 16.5. The lowest BCUT2D eigenvalue weighted by Crippen LogP contribution is -1.99. The van der Waals surface area contributed by atoms with Gasteiger partial charge in [0.2, 0.25) is 0 Å². The Morgan fingerprint density at radius 2 is 1.58 bits per heavy atom. The van der Waals surface area contributed by atoms with Gasteiger partial charge in [0.05, 0.1) is 0 Å². The Morgan fingerprint density at radius 3 is 2.37 bits per heavy atom. The lowest BCUT2D eigenvalue weighted by Gasteiger charge is -2.11. The molecule has 0 saturated carbocycles. The summed E-state index contributed by atoms with van der Waals surface area (Å²) in [5.74, 6) is 0. The number of aliphatic hydroxyl groups excluding tert-OH is 1. The minimum absolute atomic E-state index is 0.475. The van der Waals surface area contributed by atoms with E-state index in [1.165, 1.54) is 16.7 Å². The second kappa shape index (κ2) is 3.94. The van der Waals surface area contributed by atoms with Crippen LogP contribution in [0.4, 0.5) is 0 Å². The van der Waals surface area contributed by atoms with E-state index in [-0.39, 0.29) is 0 Å². The summed E-state index contributed by atoms with van der Waals surface area (Å²) >= 11 is 0. The van der Waals surface area contributed by atoms with E-state index in [2.05, 4.69) is 42.5 Å². The second-order valence-corrected chi connectivity index (χ2v) is 5.18. The SMILES string of the molecule is OC1C(C2=Cc3ccccc3C2)=Cc2ccccc21. The van der Waals surface area contributed by atoms with Crippen LogP contribution in [0.15, 0.2) is 59.7 Å².